The summed E-state index contributed by atoms with van der Waals surface area (Å²) in [5.41, 5.74) is 2.01. The first-order chi connectivity index (χ1) is 15.5. The molecule has 0 unspecified atom stereocenters. The Bertz CT molecular complexity index is 1390. The van der Waals surface area contributed by atoms with Gasteiger partial charge in [0.25, 0.3) is 5.91 Å². The molecule has 32 heavy (non-hydrogen) atoms. The number of fused-ring (bicyclic) bond motifs is 2. The monoisotopic (exact) mass is 449 g/mol. The smallest absolute Gasteiger partial charge is 0.283 e. The molecule has 0 aliphatic heterocycles. The molecule has 2 amide bonds. The molecule has 3 aromatic carbocycles. The number of hydrogen-bond donors (Lipinski definition) is 1. The number of aromatic nitrogens is 1. The second kappa shape index (κ2) is 9.33. The molecule has 0 aliphatic carbocycles. The highest BCUT2D eigenvalue weighted by Gasteiger charge is 2.15. The summed E-state index contributed by atoms with van der Waals surface area (Å²) in [6.45, 7) is 2.48. The summed E-state index contributed by atoms with van der Waals surface area (Å²) in [5, 5.41) is 4.72. The fourth-order valence-electron chi connectivity index (χ4n) is 3.54. The zero-order chi connectivity index (χ0) is 22.7. The summed E-state index contributed by atoms with van der Waals surface area (Å²) in [5.74, 6) is -0.0426. The lowest BCUT2D eigenvalue weighted by Crippen LogP contribution is -2.19. The molecule has 8 heteroatoms. The zero-order valence-electron chi connectivity index (χ0n) is 18.0. The van der Waals surface area contributed by atoms with Crippen molar-refractivity contribution >= 4 is 49.8 Å². The number of ether oxygens (including phenoxy) is 2. The van der Waals surface area contributed by atoms with Gasteiger partial charge in [-0.2, -0.15) is 4.99 Å². The number of nitrogens with one attached hydrogen (secondary N) is 1. The van der Waals surface area contributed by atoms with E-state index in [0.717, 1.165) is 21.0 Å². The van der Waals surface area contributed by atoms with E-state index in [-0.39, 0.29) is 11.8 Å². The number of amides is 2. The van der Waals surface area contributed by atoms with Crippen LogP contribution in [0.5, 0.6) is 5.75 Å². The van der Waals surface area contributed by atoms with E-state index in [1.165, 1.54) is 18.3 Å². The lowest BCUT2D eigenvalue weighted by atomic mass is 10.1. The molecule has 0 spiro atoms. The van der Waals surface area contributed by atoms with Crippen molar-refractivity contribution in [2.45, 2.75) is 13.5 Å². The van der Waals surface area contributed by atoms with Crippen LogP contribution in [0, 0.1) is 0 Å². The number of methoxy groups -OCH3 is 2. The fraction of sp³-hybridized carbons (Fsp3) is 0.208. The SMILES string of the molecule is COCCn1c(=NC(=O)c2cc3ccccc3cc2OC)sc2cc(NC(C)=O)ccc21. The summed E-state index contributed by atoms with van der Waals surface area (Å²) in [6, 6.07) is 17.1. The maximum Gasteiger partial charge on any atom is 0.283 e. The first kappa shape index (κ1) is 21.7. The number of anilines is 1. The maximum absolute atomic E-state index is 13.2. The normalized spacial score (nSPS) is 11.8. The summed E-state index contributed by atoms with van der Waals surface area (Å²) < 4.78 is 13.6. The summed E-state index contributed by atoms with van der Waals surface area (Å²) in [4.78, 5) is 29.6. The first-order valence-electron chi connectivity index (χ1n) is 10.1. The van der Waals surface area contributed by atoms with E-state index in [1.807, 2.05) is 59.2 Å². The standard InChI is InChI=1S/C24H23N3O4S/c1-15(28)25-18-8-9-20-22(14-18)32-24(27(20)10-11-30-2)26-23(29)19-12-16-6-4-5-7-17(16)13-21(19)31-3/h4-9,12-14H,10-11H2,1-3H3,(H,25,28). The van der Waals surface area contributed by atoms with Crippen LogP contribution in [0.15, 0.2) is 59.6 Å². The van der Waals surface area contributed by atoms with Gasteiger partial charge >= 0.3 is 0 Å². The molecule has 1 aromatic heterocycles. The molecule has 1 N–H and O–H groups in total. The Morgan fingerprint density at radius 1 is 1.06 bits per heavy atom. The summed E-state index contributed by atoms with van der Waals surface area (Å²) in [6.07, 6.45) is 0. The Hall–Kier alpha value is -3.49. The molecule has 164 valence electrons. The minimum absolute atomic E-state index is 0.142. The molecule has 0 fully saturated rings. The van der Waals surface area contributed by atoms with Gasteiger partial charge in [0.1, 0.15) is 5.75 Å². The number of rotatable bonds is 6. The molecule has 0 radical (unpaired) electrons. The number of carbonyl (C=O) groups is 2. The van der Waals surface area contributed by atoms with Gasteiger partial charge < -0.3 is 19.4 Å². The molecule has 0 atom stereocenters. The molecule has 1 heterocycles. The molecule has 0 aliphatic rings. The topological polar surface area (TPSA) is 81.9 Å². The number of benzene rings is 3. The van der Waals surface area contributed by atoms with Gasteiger partial charge in [0.2, 0.25) is 5.91 Å². The van der Waals surface area contributed by atoms with Crippen LogP contribution in [0.25, 0.3) is 21.0 Å². The minimum atomic E-state index is -0.382. The molecule has 0 bridgehead atoms. The largest absolute Gasteiger partial charge is 0.496 e. The van der Waals surface area contributed by atoms with Crippen molar-refractivity contribution in [2.24, 2.45) is 4.99 Å². The van der Waals surface area contributed by atoms with Crippen molar-refractivity contribution in [3.63, 3.8) is 0 Å². The highest BCUT2D eigenvalue weighted by molar-refractivity contribution is 7.16. The van der Waals surface area contributed by atoms with Crippen LogP contribution < -0.4 is 14.9 Å². The van der Waals surface area contributed by atoms with E-state index in [0.29, 0.717) is 35.0 Å². The molecule has 7 nitrogen and oxygen atoms in total. The van der Waals surface area contributed by atoms with Crippen LogP contribution in [0.2, 0.25) is 0 Å². The van der Waals surface area contributed by atoms with Gasteiger partial charge in [-0.05, 0) is 41.1 Å². The second-order valence-corrected chi connectivity index (χ2v) is 8.22. The van der Waals surface area contributed by atoms with E-state index in [9.17, 15) is 9.59 Å². The lowest BCUT2D eigenvalue weighted by Gasteiger charge is -2.08. The third-order valence-corrected chi connectivity index (χ3v) is 6.06. The number of hydrogen-bond acceptors (Lipinski definition) is 5. The van der Waals surface area contributed by atoms with E-state index in [4.69, 9.17) is 9.47 Å². The second-order valence-electron chi connectivity index (χ2n) is 7.21. The van der Waals surface area contributed by atoms with E-state index < -0.39 is 0 Å². The van der Waals surface area contributed by atoms with E-state index >= 15 is 0 Å². The fourth-order valence-corrected chi connectivity index (χ4v) is 4.63. The molecule has 0 saturated carbocycles. The Morgan fingerprint density at radius 2 is 1.81 bits per heavy atom. The van der Waals surface area contributed by atoms with E-state index in [1.54, 1.807) is 14.2 Å². The van der Waals surface area contributed by atoms with Crippen molar-refractivity contribution in [1.82, 2.24) is 4.57 Å². The summed E-state index contributed by atoms with van der Waals surface area (Å²) >= 11 is 1.38. The maximum atomic E-state index is 13.2. The average molecular weight is 450 g/mol. The van der Waals surface area contributed by atoms with Gasteiger partial charge in [0.05, 0.1) is 29.5 Å². The molecular weight excluding hydrogens is 426 g/mol. The van der Waals surface area contributed by atoms with Crippen LogP contribution in [-0.4, -0.2) is 37.2 Å². The minimum Gasteiger partial charge on any atom is -0.496 e. The molecule has 4 rings (SSSR count). The number of carbonyl (C=O) groups excluding carboxylic acids is 2. The third kappa shape index (κ3) is 4.42. The first-order valence-corrected chi connectivity index (χ1v) is 10.9. The van der Waals surface area contributed by atoms with Gasteiger partial charge in [-0.15, -0.1) is 0 Å². The van der Waals surface area contributed by atoms with Crippen LogP contribution in [-0.2, 0) is 16.1 Å². The lowest BCUT2D eigenvalue weighted by molar-refractivity contribution is -0.114. The molecule has 4 aromatic rings. The van der Waals surface area contributed by atoms with Crippen molar-refractivity contribution in [3.8, 4) is 5.75 Å². The van der Waals surface area contributed by atoms with Crippen molar-refractivity contribution < 1.29 is 19.1 Å². The highest BCUT2D eigenvalue weighted by Crippen LogP contribution is 2.27. The average Bonchev–Trinajstić information content (AvgIpc) is 3.12. The Labute approximate surface area is 188 Å². The number of thiazole rings is 1. The predicted molar refractivity (Wildman–Crippen MR) is 126 cm³/mol. The van der Waals surface area contributed by atoms with Crippen molar-refractivity contribution in [1.29, 1.82) is 0 Å². The number of nitrogens with zero attached hydrogens (tertiary/aromatic N) is 2. The Kier molecular flexibility index (Phi) is 6.34. The van der Waals surface area contributed by atoms with Crippen LogP contribution in [0.4, 0.5) is 5.69 Å². The van der Waals surface area contributed by atoms with Gasteiger partial charge in [0.15, 0.2) is 4.80 Å². The van der Waals surface area contributed by atoms with Crippen LogP contribution >= 0.6 is 11.3 Å². The Morgan fingerprint density at radius 3 is 2.50 bits per heavy atom. The van der Waals surface area contributed by atoms with Gasteiger partial charge in [-0.25, -0.2) is 0 Å². The van der Waals surface area contributed by atoms with Gasteiger partial charge in [0, 0.05) is 26.3 Å². The quantitative estimate of drug-likeness (QED) is 0.478. The molecular formula is C24H23N3O4S. The van der Waals surface area contributed by atoms with Crippen LogP contribution in [0.1, 0.15) is 17.3 Å². The van der Waals surface area contributed by atoms with Gasteiger partial charge in [-0.1, -0.05) is 35.6 Å². The predicted octanol–water partition coefficient (Wildman–Crippen LogP) is 4.21. The van der Waals surface area contributed by atoms with E-state index in [2.05, 4.69) is 10.3 Å². The van der Waals surface area contributed by atoms with Crippen molar-refractivity contribution in [3.05, 3.63) is 65.0 Å². The highest BCUT2D eigenvalue weighted by atomic mass is 32.1. The van der Waals surface area contributed by atoms with Crippen LogP contribution in [0.3, 0.4) is 0 Å². The zero-order valence-corrected chi connectivity index (χ0v) is 18.9. The molecule has 0 saturated heterocycles. The summed E-state index contributed by atoms with van der Waals surface area (Å²) in [7, 11) is 3.18. The van der Waals surface area contributed by atoms with Crippen molar-refractivity contribution in [2.75, 3.05) is 26.1 Å². The third-order valence-electron chi connectivity index (χ3n) is 5.02. The Balaban J connectivity index is 1.83. The van der Waals surface area contributed by atoms with Gasteiger partial charge in [-0.3, -0.25) is 9.59 Å².